The number of carboxylic acid groups (broad SMARTS) is 1. The van der Waals surface area contributed by atoms with E-state index in [1.165, 1.54) is 0 Å². The number of nitrogens with zero attached hydrogens (tertiary/aromatic N) is 2. The molecule has 0 amide bonds. The monoisotopic (exact) mass is 272 g/mol. The summed E-state index contributed by atoms with van der Waals surface area (Å²) in [4.78, 5) is 27.1. The molecule has 1 aromatic heterocycles. The normalized spacial score (nSPS) is 16.2. The lowest BCUT2D eigenvalue weighted by Gasteiger charge is -2.13. The van der Waals surface area contributed by atoms with E-state index >= 15 is 0 Å². The topological polar surface area (TPSA) is 72.2 Å². The number of carbonyl (C=O) groups is 1. The van der Waals surface area contributed by atoms with Crippen LogP contribution in [0.4, 0.5) is 8.78 Å². The quantitative estimate of drug-likeness (QED) is 0.908. The number of carboxylic acids is 1. The molecule has 1 aliphatic rings. The Morgan fingerprint density at radius 1 is 1.47 bits per heavy atom. The van der Waals surface area contributed by atoms with Crippen molar-refractivity contribution >= 4 is 5.97 Å². The molecule has 7 heteroatoms. The number of rotatable bonds is 4. The number of hydrogen-bond acceptors (Lipinski definition) is 3. The van der Waals surface area contributed by atoms with Crippen molar-refractivity contribution in [3.8, 4) is 0 Å². The van der Waals surface area contributed by atoms with Gasteiger partial charge in [0.2, 0.25) is 0 Å². The lowest BCUT2D eigenvalue weighted by Crippen LogP contribution is -2.31. The Morgan fingerprint density at radius 2 is 2.11 bits per heavy atom. The second-order valence-corrected chi connectivity index (χ2v) is 4.64. The highest BCUT2D eigenvalue weighted by Crippen LogP contribution is 2.33. The first-order chi connectivity index (χ1) is 9.00. The zero-order chi connectivity index (χ0) is 14.0. The average molecular weight is 272 g/mol. The Kier molecular flexibility index (Phi) is 3.92. The van der Waals surface area contributed by atoms with Gasteiger partial charge in [0, 0.05) is 5.92 Å². The molecule has 0 radical (unpaired) electrons. The molecule has 1 aromatic rings. The molecule has 19 heavy (non-hydrogen) atoms. The molecule has 0 bridgehead atoms. The summed E-state index contributed by atoms with van der Waals surface area (Å²) in [5.41, 5.74) is -1.12. The number of hydrogen-bond donors (Lipinski definition) is 1. The van der Waals surface area contributed by atoms with Crippen LogP contribution in [0.1, 0.15) is 47.7 Å². The van der Waals surface area contributed by atoms with Crippen LogP contribution in [0.5, 0.6) is 0 Å². The molecule has 1 fully saturated rings. The maximum absolute atomic E-state index is 12.3. The molecule has 0 saturated heterocycles. The Balaban J connectivity index is 2.48. The first kappa shape index (κ1) is 13.6. The zero-order valence-corrected chi connectivity index (χ0v) is 10.2. The molecular weight excluding hydrogens is 258 g/mol. The van der Waals surface area contributed by atoms with Crippen molar-refractivity contribution in [3.05, 3.63) is 27.9 Å². The minimum Gasteiger partial charge on any atom is -0.477 e. The minimum absolute atomic E-state index is 0.0556. The molecule has 104 valence electrons. The van der Waals surface area contributed by atoms with Crippen LogP contribution >= 0.6 is 0 Å². The molecule has 0 aromatic carbocycles. The van der Waals surface area contributed by atoms with E-state index in [9.17, 15) is 18.4 Å². The summed E-state index contributed by atoms with van der Waals surface area (Å²) in [5.74, 6) is -1.46. The summed E-state index contributed by atoms with van der Waals surface area (Å²) in [5, 5.41) is 9.12. The molecule has 0 spiro atoms. The number of halogens is 2. The largest absolute Gasteiger partial charge is 0.477 e. The summed E-state index contributed by atoms with van der Waals surface area (Å²) in [6, 6.07) is 0. The second kappa shape index (κ2) is 5.46. The maximum atomic E-state index is 12.3. The molecule has 0 atom stereocenters. The highest BCUT2D eigenvalue weighted by molar-refractivity contribution is 5.88. The van der Waals surface area contributed by atoms with Crippen LogP contribution in [0.2, 0.25) is 0 Å². The summed E-state index contributed by atoms with van der Waals surface area (Å²) < 4.78 is 25.3. The van der Waals surface area contributed by atoms with E-state index in [-0.39, 0.29) is 11.6 Å². The zero-order valence-electron chi connectivity index (χ0n) is 10.2. The van der Waals surface area contributed by atoms with Crippen molar-refractivity contribution in [3.63, 3.8) is 0 Å². The Labute approximate surface area is 107 Å². The van der Waals surface area contributed by atoms with Gasteiger partial charge < -0.3 is 5.11 Å². The average Bonchev–Trinajstić information content (AvgIpc) is 2.83. The third-order valence-electron chi connectivity index (χ3n) is 3.36. The van der Waals surface area contributed by atoms with Crippen molar-refractivity contribution in [1.82, 2.24) is 9.55 Å². The van der Waals surface area contributed by atoms with Crippen molar-refractivity contribution in [2.45, 2.75) is 44.6 Å². The van der Waals surface area contributed by atoms with Gasteiger partial charge in [-0.3, -0.25) is 9.36 Å². The van der Waals surface area contributed by atoms with Crippen LogP contribution in [-0.4, -0.2) is 27.1 Å². The first-order valence-corrected chi connectivity index (χ1v) is 6.11. The highest BCUT2D eigenvalue weighted by atomic mass is 19.3. The molecule has 0 unspecified atom stereocenters. The Hall–Kier alpha value is -1.79. The van der Waals surface area contributed by atoms with Gasteiger partial charge in [0.25, 0.3) is 12.0 Å². The Morgan fingerprint density at radius 3 is 2.63 bits per heavy atom. The fourth-order valence-corrected chi connectivity index (χ4v) is 2.49. The summed E-state index contributed by atoms with van der Waals surface area (Å²) in [6.45, 7) is -0.836. The molecule has 1 aliphatic carbocycles. The molecule has 1 saturated carbocycles. The third kappa shape index (κ3) is 2.80. The molecule has 1 N–H and O–H groups in total. The smallest absolute Gasteiger partial charge is 0.343 e. The summed E-state index contributed by atoms with van der Waals surface area (Å²) in [6.07, 6.45) is 1.79. The van der Waals surface area contributed by atoms with Crippen molar-refractivity contribution in [2.75, 3.05) is 0 Å². The van der Waals surface area contributed by atoms with Gasteiger partial charge in [-0.15, -0.1) is 0 Å². The van der Waals surface area contributed by atoms with Crippen LogP contribution < -0.4 is 5.56 Å². The molecule has 2 rings (SSSR count). The van der Waals surface area contributed by atoms with E-state index in [1.54, 1.807) is 0 Å². The van der Waals surface area contributed by atoms with Crippen molar-refractivity contribution in [2.24, 2.45) is 0 Å². The van der Waals surface area contributed by atoms with E-state index in [0.29, 0.717) is 4.57 Å². The van der Waals surface area contributed by atoms with Crippen LogP contribution in [0.25, 0.3) is 0 Å². The third-order valence-corrected chi connectivity index (χ3v) is 3.36. The standard InChI is InChI=1S/C12H14F2N2O3/c13-8(14)5-16-6-15-10(7-3-1-2-4-7)9(11(16)17)12(18)19/h6-8H,1-5H2,(H,18,19). The van der Waals surface area contributed by atoms with E-state index in [0.717, 1.165) is 32.0 Å². The first-order valence-electron chi connectivity index (χ1n) is 6.11. The molecule has 1 heterocycles. The fraction of sp³-hybridized carbons (Fsp3) is 0.583. The number of alkyl halides is 2. The Bertz CT molecular complexity index is 536. The second-order valence-electron chi connectivity index (χ2n) is 4.64. The minimum atomic E-state index is -2.72. The summed E-state index contributed by atoms with van der Waals surface area (Å²) in [7, 11) is 0. The van der Waals surface area contributed by atoms with Gasteiger partial charge in [-0.1, -0.05) is 12.8 Å². The lowest BCUT2D eigenvalue weighted by atomic mass is 9.99. The highest BCUT2D eigenvalue weighted by Gasteiger charge is 2.27. The summed E-state index contributed by atoms with van der Waals surface area (Å²) >= 11 is 0. The van der Waals surface area contributed by atoms with Gasteiger partial charge in [-0.05, 0) is 12.8 Å². The predicted molar refractivity (Wildman–Crippen MR) is 62.7 cm³/mol. The van der Waals surface area contributed by atoms with Crippen molar-refractivity contribution in [1.29, 1.82) is 0 Å². The van der Waals surface area contributed by atoms with Gasteiger partial charge in [-0.25, -0.2) is 18.6 Å². The van der Waals surface area contributed by atoms with Gasteiger partial charge >= 0.3 is 5.97 Å². The van der Waals surface area contributed by atoms with Crippen LogP contribution in [0.15, 0.2) is 11.1 Å². The van der Waals surface area contributed by atoms with E-state index in [4.69, 9.17) is 5.11 Å². The fourth-order valence-electron chi connectivity index (χ4n) is 2.49. The predicted octanol–water partition coefficient (Wildman–Crippen LogP) is 1.86. The van der Waals surface area contributed by atoms with Crippen molar-refractivity contribution < 1.29 is 18.7 Å². The molecule has 5 nitrogen and oxygen atoms in total. The maximum Gasteiger partial charge on any atom is 0.343 e. The lowest BCUT2D eigenvalue weighted by molar-refractivity contribution is 0.0689. The van der Waals surface area contributed by atoms with E-state index in [1.807, 2.05) is 0 Å². The van der Waals surface area contributed by atoms with E-state index in [2.05, 4.69) is 4.98 Å². The molecule has 0 aliphatic heterocycles. The number of aromatic nitrogens is 2. The van der Waals surface area contributed by atoms with Crippen LogP contribution in [-0.2, 0) is 6.54 Å². The molecular formula is C12H14F2N2O3. The van der Waals surface area contributed by atoms with Gasteiger partial charge in [0.1, 0.15) is 5.56 Å². The SMILES string of the molecule is O=C(O)c1c(C2CCCC2)ncn(CC(F)F)c1=O. The van der Waals surface area contributed by atoms with Gasteiger partial charge in [0.15, 0.2) is 0 Å². The van der Waals surface area contributed by atoms with E-state index < -0.39 is 30.1 Å². The van der Waals surface area contributed by atoms with Crippen LogP contribution in [0.3, 0.4) is 0 Å². The van der Waals surface area contributed by atoms with Gasteiger partial charge in [0.05, 0.1) is 18.6 Å². The van der Waals surface area contributed by atoms with Crippen LogP contribution in [0, 0.1) is 0 Å². The van der Waals surface area contributed by atoms with Gasteiger partial charge in [-0.2, -0.15) is 0 Å². The number of aromatic carboxylic acids is 1.